The van der Waals surface area contributed by atoms with E-state index in [9.17, 15) is 9.50 Å². The number of aliphatic hydroxyl groups excluding tert-OH is 1. The standard InChI is InChI=1S/C15H17BrClFN2O/c1-3-12-15(16)13(20(4-2)19-12)8-14(21)9-5-10(17)7-11(18)6-9/h5-7,14,21H,3-4,8H2,1-2H3. The molecule has 0 saturated carbocycles. The predicted octanol–water partition coefficient (Wildman–Crippen LogP) is 4.30. The third-order valence-corrected chi connectivity index (χ3v) is 4.48. The van der Waals surface area contributed by atoms with Gasteiger partial charge in [-0.1, -0.05) is 18.5 Å². The fourth-order valence-electron chi connectivity index (χ4n) is 2.28. The van der Waals surface area contributed by atoms with Crippen LogP contribution in [-0.2, 0) is 19.4 Å². The summed E-state index contributed by atoms with van der Waals surface area (Å²) in [7, 11) is 0. The predicted molar refractivity (Wildman–Crippen MR) is 85.1 cm³/mol. The fraction of sp³-hybridized carbons (Fsp3) is 0.400. The smallest absolute Gasteiger partial charge is 0.125 e. The second-order valence-electron chi connectivity index (χ2n) is 4.80. The number of hydrogen-bond donors (Lipinski definition) is 1. The van der Waals surface area contributed by atoms with Crippen molar-refractivity contribution in [2.75, 3.05) is 0 Å². The molecule has 0 bridgehead atoms. The fourth-order valence-corrected chi connectivity index (χ4v) is 3.24. The summed E-state index contributed by atoms with van der Waals surface area (Å²) < 4.78 is 16.2. The van der Waals surface area contributed by atoms with E-state index in [1.165, 1.54) is 12.1 Å². The second kappa shape index (κ2) is 6.90. The van der Waals surface area contributed by atoms with Gasteiger partial charge in [-0.05, 0) is 53.0 Å². The first kappa shape index (κ1) is 16.5. The molecule has 0 fully saturated rings. The molecule has 0 aliphatic carbocycles. The lowest BCUT2D eigenvalue weighted by molar-refractivity contribution is 0.175. The minimum absolute atomic E-state index is 0.279. The first-order valence-electron chi connectivity index (χ1n) is 6.84. The number of nitrogens with zero attached hydrogens (tertiary/aromatic N) is 2. The number of hydrogen-bond acceptors (Lipinski definition) is 2. The Morgan fingerprint density at radius 3 is 2.67 bits per heavy atom. The number of rotatable bonds is 5. The van der Waals surface area contributed by atoms with Gasteiger partial charge in [0.25, 0.3) is 0 Å². The largest absolute Gasteiger partial charge is 0.388 e. The van der Waals surface area contributed by atoms with Gasteiger partial charge in [-0.2, -0.15) is 5.10 Å². The van der Waals surface area contributed by atoms with E-state index in [4.69, 9.17) is 11.6 Å². The Balaban J connectivity index is 2.30. The van der Waals surface area contributed by atoms with Crippen molar-refractivity contribution in [1.29, 1.82) is 0 Å². The van der Waals surface area contributed by atoms with Crippen molar-refractivity contribution < 1.29 is 9.50 Å². The molecule has 3 nitrogen and oxygen atoms in total. The average Bonchev–Trinajstić information content (AvgIpc) is 2.74. The van der Waals surface area contributed by atoms with E-state index in [2.05, 4.69) is 21.0 Å². The van der Waals surface area contributed by atoms with Crippen molar-refractivity contribution >= 4 is 27.5 Å². The first-order chi connectivity index (χ1) is 9.96. The summed E-state index contributed by atoms with van der Waals surface area (Å²) in [5, 5.41) is 15.1. The van der Waals surface area contributed by atoms with Gasteiger partial charge in [0, 0.05) is 18.0 Å². The third-order valence-electron chi connectivity index (χ3n) is 3.35. The molecule has 0 radical (unpaired) electrons. The molecular formula is C15H17BrClFN2O. The maximum absolute atomic E-state index is 13.4. The molecule has 0 aliphatic rings. The highest BCUT2D eigenvalue weighted by atomic mass is 79.9. The highest BCUT2D eigenvalue weighted by molar-refractivity contribution is 9.10. The summed E-state index contributed by atoms with van der Waals surface area (Å²) in [6, 6.07) is 4.10. The molecule has 1 aromatic heterocycles. The number of aryl methyl sites for hydroxylation is 2. The van der Waals surface area contributed by atoms with Crippen LogP contribution in [0.15, 0.2) is 22.7 Å². The summed E-state index contributed by atoms with van der Waals surface area (Å²) >= 11 is 9.37. The molecule has 1 heterocycles. The van der Waals surface area contributed by atoms with E-state index in [1.807, 2.05) is 18.5 Å². The van der Waals surface area contributed by atoms with Crippen LogP contribution in [-0.4, -0.2) is 14.9 Å². The normalized spacial score (nSPS) is 12.7. The van der Waals surface area contributed by atoms with Gasteiger partial charge in [0.05, 0.1) is 22.0 Å². The summed E-state index contributed by atoms with van der Waals surface area (Å²) in [5.74, 6) is -0.450. The van der Waals surface area contributed by atoms with Gasteiger partial charge in [-0.15, -0.1) is 0 Å². The molecule has 114 valence electrons. The minimum atomic E-state index is -0.832. The van der Waals surface area contributed by atoms with E-state index in [0.29, 0.717) is 18.5 Å². The molecule has 2 aromatic rings. The zero-order valence-corrected chi connectivity index (χ0v) is 14.2. The molecule has 0 aliphatic heterocycles. The Kier molecular flexibility index (Phi) is 5.41. The first-order valence-corrected chi connectivity index (χ1v) is 8.01. The van der Waals surface area contributed by atoms with Crippen LogP contribution in [0.3, 0.4) is 0 Å². The molecular weight excluding hydrogens is 359 g/mol. The monoisotopic (exact) mass is 374 g/mol. The molecule has 1 unspecified atom stereocenters. The number of benzene rings is 1. The van der Waals surface area contributed by atoms with Crippen LogP contribution in [0, 0.1) is 5.82 Å². The Labute approximate surface area is 136 Å². The van der Waals surface area contributed by atoms with Crippen molar-refractivity contribution in [2.24, 2.45) is 0 Å². The number of aliphatic hydroxyl groups is 1. The minimum Gasteiger partial charge on any atom is -0.388 e. The molecule has 0 amide bonds. The van der Waals surface area contributed by atoms with E-state index in [1.54, 1.807) is 6.07 Å². The SMILES string of the molecule is CCc1nn(CC)c(CC(O)c2cc(F)cc(Cl)c2)c1Br. The van der Waals surface area contributed by atoms with Crippen LogP contribution in [0.25, 0.3) is 0 Å². The molecule has 6 heteroatoms. The molecule has 1 atom stereocenters. The topological polar surface area (TPSA) is 38.0 Å². The van der Waals surface area contributed by atoms with E-state index >= 15 is 0 Å². The van der Waals surface area contributed by atoms with E-state index in [0.717, 1.165) is 22.3 Å². The van der Waals surface area contributed by atoms with Crippen LogP contribution in [0.4, 0.5) is 4.39 Å². The van der Waals surface area contributed by atoms with Crippen LogP contribution in [0.5, 0.6) is 0 Å². The molecule has 21 heavy (non-hydrogen) atoms. The lowest BCUT2D eigenvalue weighted by Crippen LogP contribution is -2.09. The second-order valence-corrected chi connectivity index (χ2v) is 6.03. The van der Waals surface area contributed by atoms with Gasteiger partial charge >= 0.3 is 0 Å². The Morgan fingerprint density at radius 1 is 1.38 bits per heavy atom. The number of aromatic nitrogens is 2. The molecule has 0 saturated heterocycles. The lowest BCUT2D eigenvalue weighted by Gasteiger charge is -2.13. The highest BCUT2D eigenvalue weighted by Crippen LogP contribution is 2.28. The van der Waals surface area contributed by atoms with E-state index in [-0.39, 0.29) is 5.02 Å². The van der Waals surface area contributed by atoms with Gasteiger partial charge in [0.1, 0.15) is 5.82 Å². The molecule has 0 spiro atoms. The van der Waals surface area contributed by atoms with Crippen molar-refractivity contribution in [3.05, 3.63) is 50.5 Å². The van der Waals surface area contributed by atoms with Crippen LogP contribution in [0.2, 0.25) is 5.02 Å². The van der Waals surface area contributed by atoms with Crippen molar-refractivity contribution in [2.45, 2.75) is 39.3 Å². The van der Waals surface area contributed by atoms with Crippen LogP contribution in [0.1, 0.15) is 36.9 Å². The lowest BCUT2D eigenvalue weighted by atomic mass is 10.0. The van der Waals surface area contributed by atoms with Crippen LogP contribution < -0.4 is 0 Å². The summed E-state index contributed by atoms with van der Waals surface area (Å²) in [6.07, 6.45) is 0.324. The maximum atomic E-state index is 13.4. The average molecular weight is 376 g/mol. The number of halogens is 3. The molecule has 1 N–H and O–H groups in total. The summed E-state index contributed by atoms with van der Waals surface area (Å²) in [4.78, 5) is 0. The summed E-state index contributed by atoms with van der Waals surface area (Å²) in [6.45, 7) is 4.73. The zero-order chi connectivity index (χ0) is 15.6. The van der Waals surface area contributed by atoms with Gasteiger partial charge < -0.3 is 5.11 Å². The highest BCUT2D eigenvalue weighted by Gasteiger charge is 2.19. The molecule has 2 rings (SSSR count). The quantitative estimate of drug-likeness (QED) is 0.846. The van der Waals surface area contributed by atoms with Crippen molar-refractivity contribution in [3.8, 4) is 0 Å². The van der Waals surface area contributed by atoms with Gasteiger partial charge in [0.15, 0.2) is 0 Å². The Bertz CT molecular complexity index is 625. The van der Waals surface area contributed by atoms with Gasteiger partial charge in [-0.3, -0.25) is 4.68 Å². The Hall–Kier alpha value is -0.910. The third kappa shape index (κ3) is 3.65. The summed E-state index contributed by atoms with van der Waals surface area (Å²) in [5.41, 5.74) is 2.33. The Morgan fingerprint density at radius 2 is 2.10 bits per heavy atom. The zero-order valence-electron chi connectivity index (χ0n) is 11.9. The molecule has 1 aromatic carbocycles. The van der Waals surface area contributed by atoms with Gasteiger partial charge in [0.2, 0.25) is 0 Å². The van der Waals surface area contributed by atoms with Gasteiger partial charge in [-0.25, -0.2) is 4.39 Å². The van der Waals surface area contributed by atoms with Crippen molar-refractivity contribution in [1.82, 2.24) is 9.78 Å². The van der Waals surface area contributed by atoms with E-state index < -0.39 is 11.9 Å². The maximum Gasteiger partial charge on any atom is 0.125 e. The van der Waals surface area contributed by atoms with Crippen molar-refractivity contribution in [3.63, 3.8) is 0 Å². The van der Waals surface area contributed by atoms with Crippen LogP contribution >= 0.6 is 27.5 Å².